The molecule has 0 aliphatic rings. The van der Waals surface area contributed by atoms with E-state index in [1.807, 2.05) is 13.2 Å². The lowest BCUT2D eigenvalue weighted by Gasteiger charge is -2.20. The number of carbonyl (C=O) groups is 1. The number of thioether (sulfide) groups is 1. The molecule has 0 radical (unpaired) electrons. The lowest BCUT2D eigenvalue weighted by atomic mass is 10.2. The van der Waals surface area contributed by atoms with E-state index in [-0.39, 0.29) is 30.1 Å². The molecular formula is C18H29FN4O2S. The molecule has 0 saturated heterocycles. The van der Waals surface area contributed by atoms with Gasteiger partial charge < -0.3 is 20.3 Å². The van der Waals surface area contributed by atoms with Gasteiger partial charge in [-0.1, -0.05) is 19.1 Å². The predicted octanol–water partition coefficient (Wildman–Crippen LogP) is 1.97. The second-order valence-electron chi connectivity index (χ2n) is 5.83. The molecule has 0 bridgehead atoms. The lowest BCUT2D eigenvalue weighted by molar-refractivity contribution is -0.127. The van der Waals surface area contributed by atoms with E-state index in [0.29, 0.717) is 18.9 Å². The Morgan fingerprint density at radius 2 is 2.08 bits per heavy atom. The van der Waals surface area contributed by atoms with Gasteiger partial charge in [-0.25, -0.2) is 9.38 Å². The molecule has 26 heavy (non-hydrogen) atoms. The van der Waals surface area contributed by atoms with Crippen molar-refractivity contribution in [2.75, 3.05) is 45.7 Å². The number of guanidine groups is 1. The van der Waals surface area contributed by atoms with E-state index in [2.05, 4.69) is 15.6 Å². The van der Waals surface area contributed by atoms with E-state index in [0.717, 1.165) is 12.3 Å². The maximum Gasteiger partial charge on any atom is 0.243 e. The number of aliphatic imine (C=N–C) groups is 1. The minimum Gasteiger partial charge on any atom is -0.486 e. The zero-order valence-electron chi connectivity index (χ0n) is 15.9. The third-order valence-corrected chi connectivity index (χ3v) is 4.17. The first-order valence-corrected chi connectivity index (χ1v) is 9.99. The summed E-state index contributed by atoms with van der Waals surface area (Å²) in [5, 5.41) is 6.36. The number of nitrogens with one attached hydrogen (secondary N) is 2. The number of amides is 1. The molecule has 2 N–H and O–H groups in total. The van der Waals surface area contributed by atoms with Gasteiger partial charge in [-0.2, -0.15) is 11.8 Å². The molecule has 6 nitrogen and oxygen atoms in total. The summed E-state index contributed by atoms with van der Waals surface area (Å²) in [4.78, 5) is 17.6. The van der Waals surface area contributed by atoms with Crippen molar-refractivity contribution in [1.82, 2.24) is 15.5 Å². The molecule has 1 atom stereocenters. The zero-order chi connectivity index (χ0) is 19.4. The van der Waals surface area contributed by atoms with Crippen molar-refractivity contribution in [2.24, 2.45) is 4.99 Å². The van der Waals surface area contributed by atoms with Crippen LogP contribution in [0.1, 0.15) is 13.3 Å². The van der Waals surface area contributed by atoms with Gasteiger partial charge in [-0.15, -0.1) is 0 Å². The minimum atomic E-state index is -0.380. The van der Waals surface area contributed by atoms with Crippen molar-refractivity contribution < 1.29 is 13.9 Å². The summed E-state index contributed by atoms with van der Waals surface area (Å²) in [5.74, 6) is 1.24. The van der Waals surface area contributed by atoms with Crippen LogP contribution in [-0.2, 0) is 4.79 Å². The first-order valence-electron chi connectivity index (χ1n) is 8.60. The number of likely N-dealkylation sites (N-methyl/N-ethyl adjacent to an activating group) is 1. The summed E-state index contributed by atoms with van der Waals surface area (Å²) < 4.78 is 19.5. The zero-order valence-corrected chi connectivity index (χ0v) is 16.7. The highest BCUT2D eigenvalue weighted by atomic mass is 32.2. The van der Waals surface area contributed by atoms with Gasteiger partial charge in [0.25, 0.3) is 0 Å². The molecule has 1 aromatic rings. The van der Waals surface area contributed by atoms with Crippen molar-refractivity contribution >= 4 is 23.6 Å². The molecule has 0 fully saturated rings. The normalized spacial score (nSPS) is 12.4. The first-order chi connectivity index (χ1) is 12.5. The molecule has 0 saturated carbocycles. The van der Waals surface area contributed by atoms with Gasteiger partial charge in [-0.05, 0) is 24.8 Å². The van der Waals surface area contributed by atoms with Gasteiger partial charge >= 0.3 is 0 Å². The number of nitrogens with zero attached hydrogens (tertiary/aromatic N) is 2. The first kappa shape index (κ1) is 22.1. The van der Waals surface area contributed by atoms with Gasteiger partial charge in [-0.3, -0.25) is 4.79 Å². The maximum atomic E-state index is 13.8. The second-order valence-corrected chi connectivity index (χ2v) is 6.82. The lowest BCUT2D eigenvalue weighted by Crippen LogP contribution is -2.43. The average Bonchev–Trinajstić information content (AvgIpc) is 2.63. The Hall–Kier alpha value is -1.96. The molecule has 1 aromatic carbocycles. The van der Waals surface area contributed by atoms with Crippen LogP contribution in [0.5, 0.6) is 5.75 Å². The van der Waals surface area contributed by atoms with Crippen LogP contribution in [0.25, 0.3) is 0 Å². The van der Waals surface area contributed by atoms with E-state index in [9.17, 15) is 9.18 Å². The largest absolute Gasteiger partial charge is 0.486 e. The molecule has 0 heterocycles. The number of carbonyl (C=O) groups excluding carboxylic acids is 1. The van der Waals surface area contributed by atoms with E-state index in [1.54, 1.807) is 44.1 Å². The SMILES string of the molecule is CCC(CNC(=NCC(=O)N(C)C)NCCSC)Oc1ccccc1F. The van der Waals surface area contributed by atoms with Crippen LogP contribution < -0.4 is 15.4 Å². The van der Waals surface area contributed by atoms with Crippen LogP contribution in [0.15, 0.2) is 29.3 Å². The van der Waals surface area contributed by atoms with Gasteiger partial charge in [0.2, 0.25) is 5.91 Å². The number of halogens is 1. The van der Waals surface area contributed by atoms with Crippen LogP contribution in [0, 0.1) is 5.82 Å². The van der Waals surface area contributed by atoms with Gasteiger partial charge in [0, 0.05) is 26.4 Å². The average molecular weight is 385 g/mol. The van der Waals surface area contributed by atoms with Gasteiger partial charge in [0.05, 0.1) is 6.54 Å². The minimum absolute atomic E-state index is 0.0621. The molecule has 1 amide bonds. The Morgan fingerprint density at radius 3 is 2.69 bits per heavy atom. The van der Waals surface area contributed by atoms with Crippen LogP contribution in [0.3, 0.4) is 0 Å². The van der Waals surface area contributed by atoms with E-state index >= 15 is 0 Å². The molecule has 146 valence electrons. The number of ether oxygens (including phenoxy) is 1. The molecular weight excluding hydrogens is 355 g/mol. The quantitative estimate of drug-likeness (QED) is 0.367. The van der Waals surface area contributed by atoms with Crippen LogP contribution in [0.4, 0.5) is 4.39 Å². The Kier molecular flexibility index (Phi) is 10.5. The molecule has 0 aromatic heterocycles. The number of benzene rings is 1. The molecule has 1 rings (SSSR count). The Morgan fingerprint density at radius 1 is 1.35 bits per heavy atom. The standard InChI is InChI=1S/C18H29FN4O2S/c1-5-14(25-16-9-7-6-8-15(16)19)12-21-18(20-10-11-26-4)22-13-17(24)23(2)3/h6-9,14H,5,10-13H2,1-4H3,(H2,20,21,22). The monoisotopic (exact) mass is 384 g/mol. The Balaban J connectivity index is 2.64. The van der Waals surface area contributed by atoms with Gasteiger partial charge in [0.1, 0.15) is 12.6 Å². The summed E-state index contributed by atoms with van der Waals surface area (Å²) in [6, 6.07) is 6.35. The molecule has 0 aliphatic carbocycles. The summed E-state index contributed by atoms with van der Waals surface area (Å²) in [6.07, 6.45) is 2.51. The highest BCUT2D eigenvalue weighted by Gasteiger charge is 2.12. The van der Waals surface area contributed by atoms with Crippen LogP contribution in [-0.4, -0.2) is 68.6 Å². The molecule has 0 aliphatic heterocycles. The molecule has 0 spiro atoms. The Labute approximate surface area is 159 Å². The summed E-state index contributed by atoms with van der Waals surface area (Å²) >= 11 is 1.72. The van der Waals surface area contributed by atoms with Crippen molar-refractivity contribution in [2.45, 2.75) is 19.4 Å². The summed E-state index contributed by atoms with van der Waals surface area (Å²) in [6.45, 7) is 3.22. The predicted molar refractivity (Wildman–Crippen MR) is 106 cm³/mol. The number of para-hydroxylation sites is 1. The van der Waals surface area contributed by atoms with E-state index < -0.39 is 0 Å². The third-order valence-electron chi connectivity index (χ3n) is 3.55. The third kappa shape index (κ3) is 8.42. The van der Waals surface area contributed by atoms with Crippen molar-refractivity contribution in [3.63, 3.8) is 0 Å². The highest BCUT2D eigenvalue weighted by Crippen LogP contribution is 2.17. The molecule has 1 unspecified atom stereocenters. The van der Waals surface area contributed by atoms with E-state index in [1.165, 1.54) is 11.0 Å². The fourth-order valence-electron chi connectivity index (χ4n) is 1.93. The van der Waals surface area contributed by atoms with E-state index in [4.69, 9.17) is 4.74 Å². The number of rotatable bonds is 10. The fraction of sp³-hybridized carbons (Fsp3) is 0.556. The number of hydrogen-bond donors (Lipinski definition) is 2. The van der Waals surface area contributed by atoms with Crippen molar-refractivity contribution in [3.8, 4) is 5.75 Å². The number of hydrogen-bond acceptors (Lipinski definition) is 4. The van der Waals surface area contributed by atoms with Crippen molar-refractivity contribution in [3.05, 3.63) is 30.1 Å². The maximum absolute atomic E-state index is 13.8. The Bertz CT molecular complexity index is 584. The highest BCUT2D eigenvalue weighted by molar-refractivity contribution is 7.98. The smallest absolute Gasteiger partial charge is 0.243 e. The second kappa shape index (κ2) is 12.4. The van der Waals surface area contributed by atoms with Crippen molar-refractivity contribution in [1.29, 1.82) is 0 Å². The van der Waals surface area contributed by atoms with Crippen LogP contribution >= 0.6 is 11.8 Å². The fourth-order valence-corrected chi connectivity index (χ4v) is 2.24. The summed E-state index contributed by atoms with van der Waals surface area (Å²) in [7, 11) is 3.39. The molecule has 8 heteroatoms. The topological polar surface area (TPSA) is 66.0 Å². The van der Waals surface area contributed by atoms with Crippen LogP contribution in [0.2, 0.25) is 0 Å². The van der Waals surface area contributed by atoms with Gasteiger partial charge in [0.15, 0.2) is 17.5 Å². The summed E-state index contributed by atoms with van der Waals surface area (Å²) in [5.41, 5.74) is 0.